The van der Waals surface area contributed by atoms with Crippen molar-refractivity contribution in [3.8, 4) is 5.75 Å². The number of methoxy groups -OCH3 is 1. The lowest BCUT2D eigenvalue weighted by molar-refractivity contribution is -0.115. The van der Waals surface area contributed by atoms with Crippen LogP contribution in [0.3, 0.4) is 0 Å². The molecule has 1 aromatic heterocycles. The fourth-order valence-corrected chi connectivity index (χ4v) is 2.38. The van der Waals surface area contributed by atoms with Crippen LogP contribution in [0.15, 0.2) is 53.4 Å². The van der Waals surface area contributed by atoms with Crippen molar-refractivity contribution in [1.29, 1.82) is 0 Å². The third kappa shape index (κ3) is 3.13. The van der Waals surface area contributed by atoms with Crippen LogP contribution in [-0.4, -0.2) is 23.8 Å². The van der Waals surface area contributed by atoms with Crippen molar-refractivity contribution in [3.63, 3.8) is 0 Å². The zero-order valence-electron chi connectivity index (χ0n) is 13.0. The van der Waals surface area contributed by atoms with E-state index in [-0.39, 0.29) is 5.91 Å². The van der Waals surface area contributed by atoms with Gasteiger partial charge in [-0.15, -0.1) is 0 Å². The monoisotopic (exact) mass is 307 g/mol. The number of aliphatic imine (C=N–C) groups is 1. The van der Waals surface area contributed by atoms with E-state index in [1.165, 1.54) is 5.56 Å². The Balaban J connectivity index is 1.99. The fraction of sp³-hybridized carbons (Fsp3) is 0.167. The van der Waals surface area contributed by atoms with Gasteiger partial charge in [0.05, 0.1) is 7.11 Å². The second-order valence-corrected chi connectivity index (χ2v) is 5.11. The Morgan fingerprint density at radius 3 is 2.70 bits per heavy atom. The van der Waals surface area contributed by atoms with Crippen LogP contribution in [0, 0.1) is 0 Å². The number of aryl methyl sites for hydroxylation is 1. The predicted molar refractivity (Wildman–Crippen MR) is 89.3 cm³/mol. The topological polar surface area (TPSA) is 63.6 Å². The molecule has 2 aromatic rings. The van der Waals surface area contributed by atoms with Gasteiger partial charge >= 0.3 is 0 Å². The fourth-order valence-electron chi connectivity index (χ4n) is 2.38. The summed E-state index contributed by atoms with van der Waals surface area (Å²) in [5, 5.41) is 2.78. The number of nitrogens with zero attached hydrogens (tertiary/aromatic N) is 2. The number of amides is 1. The van der Waals surface area contributed by atoms with Gasteiger partial charge < -0.3 is 10.1 Å². The number of aromatic nitrogens is 1. The van der Waals surface area contributed by atoms with E-state index in [0.717, 1.165) is 23.3 Å². The molecule has 1 aliphatic heterocycles. The van der Waals surface area contributed by atoms with Crippen molar-refractivity contribution in [1.82, 2.24) is 10.3 Å². The summed E-state index contributed by atoms with van der Waals surface area (Å²) in [5.74, 6) is 1.03. The van der Waals surface area contributed by atoms with Gasteiger partial charge in [-0.3, -0.25) is 9.78 Å². The molecule has 3 rings (SSSR count). The highest BCUT2D eigenvalue weighted by Gasteiger charge is 2.21. The summed E-state index contributed by atoms with van der Waals surface area (Å²) in [4.78, 5) is 20.5. The molecule has 0 unspecified atom stereocenters. The van der Waals surface area contributed by atoms with E-state index < -0.39 is 0 Å². The molecule has 5 heteroatoms. The Bertz CT molecular complexity index is 795. The lowest BCUT2D eigenvalue weighted by Crippen LogP contribution is -2.24. The molecular weight excluding hydrogens is 290 g/mol. The van der Waals surface area contributed by atoms with Gasteiger partial charge in [-0.25, -0.2) is 4.99 Å². The minimum Gasteiger partial charge on any atom is -0.496 e. The molecule has 116 valence electrons. The van der Waals surface area contributed by atoms with Gasteiger partial charge in [0.15, 0.2) is 0 Å². The zero-order valence-corrected chi connectivity index (χ0v) is 13.0. The van der Waals surface area contributed by atoms with E-state index in [2.05, 4.69) is 22.2 Å². The minimum absolute atomic E-state index is 0.222. The first-order valence-electron chi connectivity index (χ1n) is 7.40. The number of rotatable bonds is 4. The van der Waals surface area contributed by atoms with Crippen LogP contribution in [0.2, 0.25) is 0 Å². The third-order valence-corrected chi connectivity index (χ3v) is 3.65. The molecule has 1 aromatic carbocycles. The van der Waals surface area contributed by atoms with Crippen molar-refractivity contribution in [2.75, 3.05) is 7.11 Å². The Labute approximate surface area is 134 Å². The van der Waals surface area contributed by atoms with Crippen molar-refractivity contribution < 1.29 is 9.53 Å². The van der Waals surface area contributed by atoms with Crippen LogP contribution in [0.5, 0.6) is 5.75 Å². The molecule has 0 spiro atoms. The average Bonchev–Trinajstić information content (AvgIpc) is 2.96. The molecule has 0 saturated carbocycles. The van der Waals surface area contributed by atoms with Crippen molar-refractivity contribution in [2.24, 2.45) is 4.99 Å². The largest absolute Gasteiger partial charge is 0.496 e. The van der Waals surface area contributed by atoms with Crippen LogP contribution >= 0.6 is 0 Å². The van der Waals surface area contributed by atoms with Crippen LogP contribution in [0.25, 0.3) is 6.08 Å². The van der Waals surface area contributed by atoms with Gasteiger partial charge in [-0.1, -0.05) is 13.0 Å². The number of benzene rings is 1. The summed E-state index contributed by atoms with van der Waals surface area (Å²) < 4.78 is 5.37. The maximum atomic E-state index is 12.2. The summed E-state index contributed by atoms with van der Waals surface area (Å²) >= 11 is 0. The lowest BCUT2D eigenvalue weighted by Gasteiger charge is -2.07. The lowest BCUT2D eigenvalue weighted by atomic mass is 10.1. The van der Waals surface area contributed by atoms with Crippen LogP contribution in [-0.2, 0) is 11.2 Å². The number of amidine groups is 1. The van der Waals surface area contributed by atoms with Crippen LogP contribution in [0.1, 0.15) is 23.6 Å². The van der Waals surface area contributed by atoms with Crippen LogP contribution in [0.4, 0.5) is 0 Å². The molecule has 1 amide bonds. The number of carbonyl (C=O) groups is 1. The number of ether oxygens (including phenoxy) is 1. The summed E-state index contributed by atoms with van der Waals surface area (Å²) in [6, 6.07) is 9.55. The van der Waals surface area contributed by atoms with Gasteiger partial charge in [-0.2, -0.15) is 0 Å². The van der Waals surface area contributed by atoms with Gasteiger partial charge in [0.1, 0.15) is 17.3 Å². The molecule has 0 bridgehead atoms. The number of nitrogens with one attached hydrogen (secondary N) is 1. The second kappa shape index (κ2) is 6.44. The summed E-state index contributed by atoms with van der Waals surface area (Å²) in [6.07, 6.45) is 6.00. The third-order valence-electron chi connectivity index (χ3n) is 3.65. The van der Waals surface area contributed by atoms with Crippen LogP contribution < -0.4 is 10.1 Å². The molecule has 0 atom stereocenters. The second-order valence-electron chi connectivity index (χ2n) is 5.11. The summed E-state index contributed by atoms with van der Waals surface area (Å²) in [7, 11) is 1.61. The molecule has 0 aliphatic carbocycles. The minimum atomic E-state index is -0.222. The molecule has 23 heavy (non-hydrogen) atoms. The molecule has 1 aliphatic rings. The van der Waals surface area contributed by atoms with E-state index in [0.29, 0.717) is 11.5 Å². The zero-order chi connectivity index (χ0) is 16.2. The summed E-state index contributed by atoms with van der Waals surface area (Å²) in [5.41, 5.74) is 3.21. The SMILES string of the molecule is CCc1ccc(OC)c(/C=C2/N=C(c3ccncc3)NC2=O)c1. The van der Waals surface area contributed by atoms with Gasteiger partial charge in [0.25, 0.3) is 5.91 Å². The molecule has 1 N–H and O–H groups in total. The summed E-state index contributed by atoms with van der Waals surface area (Å²) in [6.45, 7) is 2.08. The average molecular weight is 307 g/mol. The predicted octanol–water partition coefficient (Wildman–Crippen LogP) is 2.57. The van der Waals surface area contributed by atoms with Gasteiger partial charge in [0.2, 0.25) is 0 Å². The van der Waals surface area contributed by atoms with Crippen molar-refractivity contribution in [3.05, 3.63) is 65.1 Å². The Morgan fingerprint density at radius 2 is 2.00 bits per heavy atom. The smallest absolute Gasteiger partial charge is 0.275 e. The first kappa shape index (κ1) is 15.0. The number of hydrogen-bond donors (Lipinski definition) is 1. The molecule has 5 nitrogen and oxygen atoms in total. The molecule has 2 heterocycles. The Morgan fingerprint density at radius 1 is 1.22 bits per heavy atom. The van der Waals surface area contributed by atoms with E-state index in [1.54, 1.807) is 37.7 Å². The maximum Gasteiger partial charge on any atom is 0.275 e. The first-order chi connectivity index (χ1) is 11.2. The molecular formula is C18H17N3O2. The normalized spacial score (nSPS) is 15.5. The Kier molecular flexibility index (Phi) is 4.19. The number of hydrogen-bond acceptors (Lipinski definition) is 4. The molecule has 0 fully saturated rings. The quantitative estimate of drug-likeness (QED) is 0.883. The highest BCUT2D eigenvalue weighted by atomic mass is 16.5. The molecule has 0 radical (unpaired) electrons. The van der Waals surface area contributed by atoms with E-state index in [4.69, 9.17) is 4.74 Å². The standard InChI is InChI=1S/C18H17N3O2/c1-3-12-4-5-16(23-2)14(10-12)11-15-18(22)21-17(20-15)13-6-8-19-9-7-13/h4-11H,3H2,1-2H3,(H,20,21,22)/b15-11+. The van der Waals surface area contributed by atoms with Crippen molar-refractivity contribution in [2.45, 2.75) is 13.3 Å². The maximum absolute atomic E-state index is 12.2. The highest BCUT2D eigenvalue weighted by Crippen LogP contribution is 2.24. The number of pyridine rings is 1. The van der Waals surface area contributed by atoms with E-state index in [9.17, 15) is 4.79 Å². The van der Waals surface area contributed by atoms with E-state index >= 15 is 0 Å². The van der Waals surface area contributed by atoms with E-state index in [1.807, 2.05) is 18.2 Å². The van der Waals surface area contributed by atoms with Gasteiger partial charge in [-0.05, 0) is 42.3 Å². The van der Waals surface area contributed by atoms with Crippen molar-refractivity contribution >= 4 is 17.8 Å². The molecule has 0 saturated heterocycles. The Hall–Kier alpha value is -2.95. The number of carbonyl (C=O) groups excluding carboxylic acids is 1. The van der Waals surface area contributed by atoms with Gasteiger partial charge in [0, 0.05) is 23.5 Å². The first-order valence-corrected chi connectivity index (χ1v) is 7.40. The highest BCUT2D eigenvalue weighted by molar-refractivity contribution is 6.19.